The third-order valence-electron chi connectivity index (χ3n) is 4.99. The van der Waals surface area contributed by atoms with E-state index in [-0.39, 0.29) is 23.9 Å². The van der Waals surface area contributed by atoms with Crippen molar-refractivity contribution in [3.63, 3.8) is 0 Å². The van der Waals surface area contributed by atoms with Crippen LogP contribution in [-0.2, 0) is 21.4 Å². The van der Waals surface area contributed by atoms with Gasteiger partial charge in [0.05, 0.1) is 11.4 Å². The maximum atomic E-state index is 13.3. The molecule has 0 bridgehead atoms. The van der Waals surface area contributed by atoms with Crippen molar-refractivity contribution >= 4 is 43.5 Å². The predicted molar refractivity (Wildman–Crippen MR) is 118 cm³/mol. The second-order valence-corrected chi connectivity index (χ2v) is 10.4. The second kappa shape index (κ2) is 10.1. The maximum Gasteiger partial charge on any atom is 0.243 e. The van der Waals surface area contributed by atoms with Gasteiger partial charge in [0.25, 0.3) is 0 Å². The lowest BCUT2D eigenvalue weighted by atomic mass is 10.2. The summed E-state index contributed by atoms with van der Waals surface area (Å²) < 4.78 is 28.7. The Balaban J connectivity index is 1.86. The second-order valence-electron chi connectivity index (χ2n) is 7.15. The summed E-state index contributed by atoms with van der Waals surface area (Å²) in [6, 6.07) is 13.5. The van der Waals surface area contributed by atoms with Gasteiger partial charge in [0.2, 0.25) is 15.9 Å². The molecule has 156 valence electrons. The lowest BCUT2D eigenvalue weighted by molar-refractivity contribution is -0.131. The summed E-state index contributed by atoms with van der Waals surface area (Å²) in [7, 11) is -3.84. The van der Waals surface area contributed by atoms with Crippen molar-refractivity contribution in [2.75, 3.05) is 19.6 Å². The van der Waals surface area contributed by atoms with Crippen LogP contribution in [0.4, 0.5) is 0 Å². The summed E-state index contributed by atoms with van der Waals surface area (Å²) >= 11 is 9.28. The number of hydrogen-bond acceptors (Lipinski definition) is 3. The molecule has 1 aliphatic rings. The number of nitrogens with zero attached hydrogens (tertiary/aromatic N) is 2. The van der Waals surface area contributed by atoms with E-state index in [1.807, 2.05) is 0 Å². The molecule has 2 aromatic carbocycles. The molecule has 1 fully saturated rings. The zero-order chi connectivity index (χ0) is 20.9. The Morgan fingerprint density at radius 2 is 1.55 bits per heavy atom. The molecule has 0 aromatic heterocycles. The zero-order valence-corrected chi connectivity index (χ0v) is 19.2. The lowest BCUT2D eigenvalue weighted by Gasteiger charge is -2.26. The molecule has 5 nitrogen and oxygen atoms in total. The van der Waals surface area contributed by atoms with Gasteiger partial charge in [0.15, 0.2) is 0 Å². The topological polar surface area (TPSA) is 57.7 Å². The molecule has 0 radical (unpaired) electrons. The van der Waals surface area contributed by atoms with E-state index in [0.29, 0.717) is 18.1 Å². The Hall–Kier alpha value is -1.41. The van der Waals surface area contributed by atoms with Gasteiger partial charge in [-0.05, 0) is 54.8 Å². The van der Waals surface area contributed by atoms with E-state index in [1.54, 1.807) is 53.4 Å². The average Bonchev–Trinajstić information content (AvgIpc) is 2.99. The van der Waals surface area contributed by atoms with Crippen molar-refractivity contribution in [3.8, 4) is 0 Å². The summed E-state index contributed by atoms with van der Waals surface area (Å²) in [6.07, 6.45) is 4.13. The molecule has 0 unspecified atom stereocenters. The highest BCUT2D eigenvalue weighted by Crippen LogP contribution is 2.22. The number of rotatable bonds is 6. The van der Waals surface area contributed by atoms with E-state index in [0.717, 1.165) is 35.7 Å². The van der Waals surface area contributed by atoms with E-state index in [4.69, 9.17) is 11.6 Å². The number of carbonyl (C=O) groups excluding carboxylic acids is 1. The third kappa shape index (κ3) is 6.04. The smallest absolute Gasteiger partial charge is 0.243 e. The zero-order valence-electron chi connectivity index (χ0n) is 16.1. The number of sulfonamides is 1. The van der Waals surface area contributed by atoms with Crippen LogP contribution in [0.3, 0.4) is 0 Å². The van der Waals surface area contributed by atoms with Crippen LogP contribution in [0.1, 0.15) is 31.2 Å². The van der Waals surface area contributed by atoms with Gasteiger partial charge < -0.3 is 4.90 Å². The summed E-state index contributed by atoms with van der Waals surface area (Å²) in [5.74, 6) is -0.151. The Labute approximate surface area is 185 Å². The van der Waals surface area contributed by atoms with Crippen molar-refractivity contribution < 1.29 is 13.2 Å². The predicted octanol–water partition coefficient (Wildman–Crippen LogP) is 4.70. The van der Waals surface area contributed by atoms with Crippen molar-refractivity contribution in [3.05, 3.63) is 63.6 Å². The van der Waals surface area contributed by atoms with Crippen molar-refractivity contribution in [1.82, 2.24) is 9.21 Å². The van der Waals surface area contributed by atoms with Crippen molar-refractivity contribution in [2.45, 2.75) is 37.1 Å². The molecule has 0 aliphatic carbocycles. The van der Waals surface area contributed by atoms with E-state index >= 15 is 0 Å². The fourth-order valence-electron chi connectivity index (χ4n) is 3.35. The Kier molecular flexibility index (Phi) is 7.73. The van der Waals surface area contributed by atoms with Crippen LogP contribution in [0.15, 0.2) is 57.9 Å². The van der Waals surface area contributed by atoms with Crippen LogP contribution in [0.5, 0.6) is 0 Å². The summed E-state index contributed by atoms with van der Waals surface area (Å²) in [6.45, 7) is 1.30. The van der Waals surface area contributed by atoms with Crippen LogP contribution in [0, 0.1) is 0 Å². The van der Waals surface area contributed by atoms with Crippen molar-refractivity contribution in [2.24, 2.45) is 0 Å². The van der Waals surface area contributed by atoms with E-state index in [9.17, 15) is 13.2 Å². The third-order valence-corrected chi connectivity index (χ3v) is 7.58. The van der Waals surface area contributed by atoms with E-state index < -0.39 is 10.0 Å². The van der Waals surface area contributed by atoms with Gasteiger partial charge in [0.1, 0.15) is 0 Å². The van der Waals surface area contributed by atoms with E-state index in [1.165, 1.54) is 4.31 Å². The quantitative estimate of drug-likeness (QED) is 0.579. The average molecular weight is 500 g/mol. The molecular formula is C21H24BrClN2O3S. The highest BCUT2D eigenvalue weighted by molar-refractivity contribution is 9.10. The van der Waals surface area contributed by atoms with Gasteiger partial charge >= 0.3 is 0 Å². The molecular weight excluding hydrogens is 476 g/mol. The van der Waals surface area contributed by atoms with Crippen LogP contribution in [0.2, 0.25) is 5.02 Å². The first-order valence-corrected chi connectivity index (χ1v) is 12.3. The summed E-state index contributed by atoms with van der Waals surface area (Å²) in [5, 5.41) is 0.580. The number of carbonyl (C=O) groups is 1. The fourth-order valence-corrected chi connectivity index (χ4v) is 5.11. The first-order valence-electron chi connectivity index (χ1n) is 9.64. The molecule has 3 rings (SSSR count). The molecule has 2 aromatic rings. The number of amides is 1. The van der Waals surface area contributed by atoms with Gasteiger partial charge in [-0.1, -0.05) is 52.5 Å². The minimum absolute atomic E-state index is 0.106. The van der Waals surface area contributed by atoms with Crippen molar-refractivity contribution in [1.29, 1.82) is 0 Å². The SMILES string of the molecule is O=C(CN(Cc1ccc(Cl)cc1)S(=O)(=O)c1ccc(Br)cc1)N1CCCCCC1. The Morgan fingerprint density at radius 3 is 2.14 bits per heavy atom. The molecule has 1 heterocycles. The summed E-state index contributed by atoms with van der Waals surface area (Å²) in [5.41, 5.74) is 0.777. The van der Waals surface area contributed by atoms with Gasteiger partial charge in [-0.2, -0.15) is 4.31 Å². The number of likely N-dealkylation sites (tertiary alicyclic amines) is 1. The molecule has 1 amide bonds. The van der Waals surface area contributed by atoms with Crippen LogP contribution in [-0.4, -0.2) is 43.2 Å². The molecule has 0 N–H and O–H groups in total. The molecule has 0 spiro atoms. The van der Waals surface area contributed by atoms with E-state index in [2.05, 4.69) is 15.9 Å². The first kappa shape index (κ1) is 22.3. The highest BCUT2D eigenvalue weighted by Gasteiger charge is 2.29. The highest BCUT2D eigenvalue weighted by atomic mass is 79.9. The normalized spacial score (nSPS) is 15.3. The molecule has 1 saturated heterocycles. The first-order chi connectivity index (χ1) is 13.9. The molecule has 0 atom stereocenters. The van der Waals surface area contributed by atoms with Crippen LogP contribution < -0.4 is 0 Å². The Morgan fingerprint density at radius 1 is 0.966 bits per heavy atom. The molecule has 0 saturated carbocycles. The van der Waals surface area contributed by atoms with Gasteiger partial charge in [-0.25, -0.2) is 8.42 Å². The standard InChI is InChI=1S/C21H24BrClN2O3S/c22-18-7-11-20(12-8-18)29(27,28)25(15-17-5-9-19(23)10-6-17)16-21(26)24-13-3-1-2-4-14-24/h5-12H,1-4,13-16H2. The summed E-state index contributed by atoms with van der Waals surface area (Å²) in [4.78, 5) is 14.9. The number of benzene rings is 2. The minimum atomic E-state index is -3.84. The largest absolute Gasteiger partial charge is 0.342 e. The molecule has 1 aliphatic heterocycles. The minimum Gasteiger partial charge on any atom is -0.342 e. The van der Waals surface area contributed by atoms with Crippen LogP contribution in [0.25, 0.3) is 0 Å². The molecule has 29 heavy (non-hydrogen) atoms. The molecule has 8 heteroatoms. The fraction of sp³-hybridized carbons (Fsp3) is 0.381. The monoisotopic (exact) mass is 498 g/mol. The number of hydrogen-bond donors (Lipinski definition) is 0. The number of halogens is 2. The maximum absolute atomic E-state index is 13.3. The van der Waals surface area contributed by atoms with Gasteiger partial charge in [-0.15, -0.1) is 0 Å². The van der Waals surface area contributed by atoms with Gasteiger partial charge in [-0.3, -0.25) is 4.79 Å². The van der Waals surface area contributed by atoms with Crippen LogP contribution >= 0.6 is 27.5 Å². The van der Waals surface area contributed by atoms with Gasteiger partial charge in [0, 0.05) is 29.1 Å². The lowest BCUT2D eigenvalue weighted by Crippen LogP contribution is -2.43. The Bertz CT molecular complexity index is 925.